The molecule has 8 heteroatoms. The molecular weight excluding hydrogens is 475 g/mol. The molecule has 0 spiro atoms. The summed E-state index contributed by atoms with van der Waals surface area (Å²) < 4.78 is 20.5. The number of rotatable bonds is 11. The molecule has 1 aromatic heterocycles. The van der Waals surface area contributed by atoms with Crippen LogP contribution in [0.2, 0.25) is 0 Å². The monoisotopic (exact) mass is 504 g/mol. The van der Waals surface area contributed by atoms with Crippen LogP contribution < -0.4 is 10.1 Å². The second kappa shape index (κ2) is 12.4. The Morgan fingerprint density at radius 1 is 1.06 bits per heavy atom. The van der Waals surface area contributed by atoms with Gasteiger partial charge in [-0.15, -0.1) is 10.2 Å². The van der Waals surface area contributed by atoms with Gasteiger partial charge in [0.1, 0.15) is 17.4 Å². The molecule has 36 heavy (non-hydrogen) atoms. The first kappa shape index (κ1) is 25.4. The number of aromatic nitrogens is 3. The zero-order valence-corrected chi connectivity index (χ0v) is 21.2. The highest BCUT2D eigenvalue weighted by atomic mass is 32.2. The summed E-state index contributed by atoms with van der Waals surface area (Å²) in [5.41, 5.74) is 4.27. The molecule has 1 heterocycles. The Morgan fingerprint density at radius 2 is 1.86 bits per heavy atom. The predicted molar refractivity (Wildman–Crippen MR) is 140 cm³/mol. The Bertz CT molecular complexity index is 1310. The van der Waals surface area contributed by atoms with Crippen LogP contribution in [0.1, 0.15) is 35.4 Å². The maximum absolute atomic E-state index is 13.1. The van der Waals surface area contributed by atoms with Crippen LogP contribution >= 0.6 is 11.8 Å². The van der Waals surface area contributed by atoms with Crippen molar-refractivity contribution in [3.8, 4) is 11.4 Å². The number of methoxy groups -OCH3 is 1. The van der Waals surface area contributed by atoms with Crippen molar-refractivity contribution >= 4 is 17.7 Å². The van der Waals surface area contributed by atoms with Gasteiger partial charge in [-0.25, -0.2) is 4.39 Å². The maximum atomic E-state index is 13.1. The molecule has 0 bridgehead atoms. The van der Waals surface area contributed by atoms with E-state index in [1.807, 2.05) is 41.0 Å². The molecule has 0 radical (unpaired) electrons. The fraction of sp³-hybridized carbons (Fsp3) is 0.250. The van der Waals surface area contributed by atoms with Crippen molar-refractivity contribution in [1.82, 2.24) is 20.1 Å². The van der Waals surface area contributed by atoms with Crippen LogP contribution in [0, 0.1) is 12.7 Å². The van der Waals surface area contributed by atoms with Gasteiger partial charge in [0.05, 0.1) is 12.8 Å². The molecule has 3 aromatic carbocycles. The molecular formula is C28H29FN4O2S. The van der Waals surface area contributed by atoms with E-state index in [1.165, 1.54) is 23.3 Å². The summed E-state index contributed by atoms with van der Waals surface area (Å²) in [5, 5.41) is 12.6. The summed E-state index contributed by atoms with van der Waals surface area (Å²) in [5.74, 6) is 1.98. The lowest BCUT2D eigenvalue weighted by Crippen LogP contribution is -2.22. The van der Waals surface area contributed by atoms with Crippen LogP contribution in [-0.2, 0) is 23.5 Å². The Kier molecular flexibility index (Phi) is 8.73. The first-order valence-corrected chi connectivity index (χ1v) is 12.8. The number of nitrogens with one attached hydrogen (secondary N) is 1. The summed E-state index contributed by atoms with van der Waals surface area (Å²) in [6.07, 6.45) is 1.58. The third-order valence-electron chi connectivity index (χ3n) is 5.84. The molecule has 0 atom stereocenters. The highest BCUT2D eigenvalue weighted by Crippen LogP contribution is 2.28. The summed E-state index contributed by atoms with van der Waals surface area (Å²) in [4.78, 5) is 12.4. The van der Waals surface area contributed by atoms with Gasteiger partial charge in [0.25, 0.3) is 0 Å². The third-order valence-corrected chi connectivity index (χ3v) is 6.81. The van der Waals surface area contributed by atoms with Crippen LogP contribution in [0.25, 0.3) is 5.69 Å². The zero-order valence-electron chi connectivity index (χ0n) is 20.4. The van der Waals surface area contributed by atoms with Gasteiger partial charge in [-0.3, -0.25) is 9.36 Å². The topological polar surface area (TPSA) is 69.0 Å². The number of amides is 1. The molecule has 6 nitrogen and oxygen atoms in total. The van der Waals surface area contributed by atoms with E-state index < -0.39 is 0 Å². The number of halogens is 1. The third kappa shape index (κ3) is 6.73. The Balaban J connectivity index is 1.43. The van der Waals surface area contributed by atoms with Gasteiger partial charge in [0.2, 0.25) is 5.91 Å². The lowest BCUT2D eigenvalue weighted by Gasteiger charge is -2.12. The normalized spacial score (nSPS) is 10.9. The quantitative estimate of drug-likeness (QED) is 0.267. The van der Waals surface area contributed by atoms with Crippen molar-refractivity contribution in [3.05, 3.63) is 101 Å². The van der Waals surface area contributed by atoms with Gasteiger partial charge in [-0.2, -0.15) is 0 Å². The number of hydrogen-bond donors (Lipinski definition) is 1. The Hall–Kier alpha value is -3.65. The van der Waals surface area contributed by atoms with Crippen molar-refractivity contribution in [2.24, 2.45) is 0 Å². The minimum atomic E-state index is -0.290. The fourth-order valence-electron chi connectivity index (χ4n) is 3.78. The van der Waals surface area contributed by atoms with Crippen LogP contribution in [0.4, 0.5) is 4.39 Å². The highest BCUT2D eigenvalue weighted by molar-refractivity contribution is 7.98. The molecule has 0 unspecified atom stereocenters. The Morgan fingerprint density at radius 3 is 2.64 bits per heavy atom. The zero-order chi connectivity index (χ0) is 25.3. The molecule has 0 saturated carbocycles. The molecule has 4 rings (SSSR count). The van der Waals surface area contributed by atoms with E-state index in [0.717, 1.165) is 33.7 Å². The largest absolute Gasteiger partial charge is 0.497 e. The standard InChI is InChI=1S/C28H29FN4O2S/c1-20-7-3-4-8-22(20)19-36-28-32-31-26(33(28)24-9-5-10-25(17-24)35-2)11-6-12-27(34)30-18-21-13-15-23(29)16-14-21/h3-5,7-10,13-17H,6,11-12,18-19H2,1-2H3,(H,30,34). The molecule has 0 aliphatic carbocycles. The van der Waals surface area contributed by atoms with E-state index >= 15 is 0 Å². The van der Waals surface area contributed by atoms with E-state index in [4.69, 9.17) is 4.74 Å². The summed E-state index contributed by atoms with van der Waals surface area (Å²) >= 11 is 1.63. The second-order valence-electron chi connectivity index (χ2n) is 8.41. The highest BCUT2D eigenvalue weighted by Gasteiger charge is 2.16. The van der Waals surface area contributed by atoms with Crippen molar-refractivity contribution in [3.63, 3.8) is 0 Å². The predicted octanol–water partition coefficient (Wildman–Crippen LogP) is 5.65. The van der Waals surface area contributed by atoms with Gasteiger partial charge in [0.15, 0.2) is 5.16 Å². The molecule has 0 aliphatic heterocycles. The first-order valence-electron chi connectivity index (χ1n) is 11.8. The van der Waals surface area contributed by atoms with Crippen LogP contribution in [0.3, 0.4) is 0 Å². The Labute approximate surface area is 214 Å². The van der Waals surface area contributed by atoms with Gasteiger partial charge in [-0.1, -0.05) is 54.2 Å². The number of aryl methyl sites for hydroxylation is 2. The van der Waals surface area contributed by atoms with Gasteiger partial charge in [-0.05, 0) is 54.3 Å². The number of hydrogen-bond acceptors (Lipinski definition) is 5. The van der Waals surface area contributed by atoms with E-state index in [9.17, 15) is 9.18 Å². The minimum absolute atomic E-state index is 0.0547. The van der Waals surface area contributed by atoms with Crippen LogP contribution in [0.15, 0.2) is 78.0 Å². The molecule has 186 valence electrons. The van der Waals surface area contributed by atoms with Crippen LogP contribution in [-0.4, -0.2) is 27.8 Å². The summed E-state index contributed by atoms with van der Waals surface area (Å²) in [6.45, 7) is 2.48. The molecule has 1 amide bonds. The molecule has 1 N–H and O–H groups in total. The number of carbonyl (C=O) groups is 1. The molecule has 0 aliphatic rings. The van der Waals surface area contributed by atoms with Crippen molar-refractivity contribution in [2.45, 2.75) is 43.6 Å². The number of nitrogens with zero attached hydrogens (tertiary/aromatic N) is 3. The van der Waals surface area contributed by atoms with Gasteiger partial charge >= 0.3 is 0 Å². The van der Waals surface area contributed by atoms with E-state index in [0.29, 0.717) is 25.8 Å². The minimum Gasteiger partial charge on any atom is -0.497 e. The second-order valence-corrected chi connectivity index (χ2v) is 9.35. The van der Waals surface area contributed by atoms with E-state index in [1.54, 1.807) is 31.0 Å². The summed E-state index contributed by atoms with van der Waals surface area (Å²) in [7, 11) is 1.64. The molecule has 4 aromatic rings. The van der Waals surface area contributed by atoms with Crippen molar-refractivity contribution in [2.75, 3.05) is 7.11 Å². The average molecular weight is 505 g/mol. The maximum Gasteiger partial charge on any atom is 0.220 e. The molecule has 0 fully saturated rings. The van der Waals surface area contributed by atoms with Crippen LogP contribution in [0.5, 0.6) is 5.75 Å². The van der Waals surface area contributed by atoms with E-state index in [-0.39, 0.29) is 11.7 Å². The number of benzene rings is 3. The smallest absolute Gasteiger partial charge is 0.220 e. The van der Waals surface area contributed by atoms with Crippen molar-refractivity contribution < 1.29 is 13.9 Å². The average Bonchev–Trinajstić information content (AvgIpc) is 3.30. The lowest BCUT2D eigenvalue weighted by atomic mass is 10.1. The first-order chi connectivity index (χ1) is 17.5. The fourth-order valence-corrected chi connectivity index (χ4v) is 4.82. The number of ether oxygens (including phenoxy) is 1. The lowest BCUT2D eigenvalue weighted by molar-refractivity contribution is -0.121. The van der Waals surface area contributed by atoms with E-state index in [2.05, 4.69) is 34.6 Å². The van der Waals surface area contributed by atoms with Gasteiger partial charge in [0, 0.05) is 31.2 Å². The number of thioether (sulfide) groups is 1. The SMILES string of the molecule is COc1cccc(-n2c(CCCC(=O)NCc3ccc(F)cc3)nnc2SCc2ccccc2C)c1. The molecule has 0 saturated heterocycles. The summed E-state index contributed by atoms with van der Waals surface area (Å²) in [6, 6.07) is 22.2. The van der Waals surface area contributed by atoms with Gasteiger partial charge < -0.3 is 10.1 Å². The number of carbonyl (C=O) groups excluding carboxylic acids is 1. The van der Waals surface area contributed by atoms with Crippen molar-refractivity contribution in [1.29, 1.82) is 0 Å².